The van der Waals surface area contributed by atoms with E-state index in [1.807, 2.05) is 18.2 Å². The van der Waals surface area contributed by atoms with E-state index in [2.05, 4.69) is 31.6 Å². The molecule has 0 saturated heterocycles. The number of hydrogen-bond donors (Lipinski definition) is 2. The van der Waals surface area contributed by atoms with Gasteiger partial charge in [0.05, 0.1) is 14.2 Å². The summed E-state index contributed by atoms with van der Waals surface area (Å²) in [6.07, 6.45) is 0. The summed E-state index contributed by atoms with van der Waals surface area (Å²) in [4.78, 5) is 4.18. The number of hydrogen-bond acceptors (Lipinski definition) is 3. The highest BCUT2D eigenvalue weighted by Gasteiger charge is 2.07. The molecule has 7 heteroatoms. The Balaban J connectivity index is 1.98. The first kappa shape index (κ1) is 19.1. The highest BCUT2D eigenvalue weighted by Crippen LogP contribution is 2.24. The molecule has 2 N–H and O–H groups in total. The lowest BCUT2D eigenvalue weighted by Gasteiger charge is -2.15. The second-order valence-electron chi connectivity index (χ2n) is 5.19. The van der Waals surface area contributed by atoms with Gasteiger partial charge in [0.15, 0.2) is 5.96 Å². The van der Waals surface area contributed by atoms with Crippen LogP contribution < -0.4 is 20.1 Å². The Labute approximate surface area is 155 Å². The van der Waals surface area contributed by atoms with Gasteiger partial charge in [-0.3, -0.25) is 4.99 Å². The molecule has 2 rings (SSSR count). The molecule has 0 fully saturated rings. The van der Waals surface area contributed by atoms with Crippen LogP contribution in [0.15, 0.2) is 45.9 Å². The van der Waals surface area contributed by atoms with E-state index in [0.29, 0.717) is 19.0 Å². The van der Waals surface area contributed by atoms with Crippen LogP contribution in [-0.2, 0) is 13.1 Å². The molecule has 0 bridgehead atoms. The minimum absolute atomic E-state index is 0.272. The van der Waals surface area contributed by atoms with Gasteiger partial charge in [0.2, 0.25) is 0 Å². The van der Waals surface area contributed by atoms with Gasteiger partial charge in [0, 0.05) is 36.2 Å². The van der Waals surface area contributed by atoms with Crippen LogP contribution in [0.5, 0.6) is 11.5 Å². The zero-order valence-electron chi connectivity index (χ0n) is 14.4. The minimum atomic E-state index is -0.272. The zero-order valence-corrected chi connectivity index (χ0v) is 16.0. The molecule has 0 radical (unpaired) electrons. The molecular weight excluding hydrogens is 389 g/mol. The summed E-state index contributed by atoms with van der Waals surface area (Å²) >= 11 is 3.42. The van der Waals surface area contributed by atoms with E-state index in [-0.39, 0.29) is 5.82 Å². The maximum atomic E-state index is 13.3. The van der Waals surface area contributed by atoms with E-state index >= 15 is 0 Å². The number of halogens is 2. The van der Waals surface area contributed by atoms with Crippen molar-refractivity contribution in [2.24, 2.45) is 4.99 Å². The average molecular weight is 410 g/mol. The lowest BCUT2D eigenvalue weighted by atomic mass is 10.2. The largest absolute Gasteiger partial charge is 0.497 e. The van der Waals surface area contributed by atoms with Crippen LogP contribution in [0.3, 0.4) is 0 Å². The van der Waals surface area contributed by atoms with E-state index in [4.69, 9.17) is 9.47 Å². The van der Waals surface area contributed by atoms with Crippen molar-refractivity contribution in [1.29, 1.82) is 0 Å². The van der Waals surface area contributed by atoms with Gasteiger partial charge in [-0.15, -0.1) is 0 Å². The van der Waals surface area contributed by atoms with Crippen molar-refractivity contribution >= 4 is 21.9 Å². The van der Waals surface area contributed by atoms with Crippen LogP contribution in [0, 0.1) is 5.82 Å². The smallest absolute Gasteiger partial charge is 0.191 e. The first-order valence-corrected chi connectivity index (χ1v) is 8.46. The molecule has 5 nitrogen and oxygen atoms in total. The first-order chi connectivity index (χ1) is 12.1. The minimum Gasteiger partial charge on any atom is -0.497 e. The van der Waals surface area contributed by atoms with Gasteiger partial charge in [0.25, 0.3) is 0 Å². The van der Waals surface area contributed by atoms with Crippen molar-refractivity contribution in [2.75, 3.05) is 21.3 Å². The molecule has 0 amide bonds. The van der Waals surface area contributed by atoms with Crippen LogP contribution in [0.25, 0.3) is 0 Å². The van der Waals surface area contributed by atoms with Gasteiger partial charge >= 0.3 is 0 Å². The molecule has 0 saturated carbocycles. The predicted octanol–water partition coefficient (Wildman–Crippen LogP) is 3.47. The standard InChI is InChI=1S/C18H21BrFN3O2/c1-21-18(23-11-13-8-14(20)5-7-16(13)19)22-10-12-4-6-15(24-2)9-17(12)25-3/h4-9H,10-11H2,1-3H3,(H2,21,22,23). The molecule has 25 heavy (non-hydrogen) atoms. The highest BCUT2D eigenvalue weighted by atomic mass is 79.9. The average Bonchev–Trinajstić information content (AvgIpc) is 2.64. The fourth-order valence-electron chi connectivity index (χ4n) is 2.26. The number of aliphatic imine (C=N–C) groups is 1. The van der Waals surface area contributed by atoms with Gasteiger partial charge in [-0.1, -0.05) is 15.9 Å². The monoisotopic (exact) mass is 409 g/mol. The van der Waals surface area contributed by atoms with Crippen LogP contribution in [0.1, 0.15) is 11.1 Å². The summed E-state index contributed by atoms with van der Waals surface area (Å²) in [6.45, 7) is 0.967. The summed E-state index contributed by atoms with van der Waals surface area (Å²) in [7, 11) is 4.91. The van der Waals surface area contributed by atoms with E-state index in [1.54, 1.807) is 27.3 Å². The molecule has 2 aromatic carbocycles. The number of benzene rings is 2. The zero-order chi connectivity index (χ0) is 18.2. The van der Waals surface area contributed by atoms with Gasteiger partial charge in [-0.2, -0.15) is 0 Å². The molecule has 0 spiro atoms. The number of methoxy groups -OCH3 is 2. The Morgan fingerprint density at radius 2 is 1.76 bits per heavy atom. The first-order valence-electron chi connectivity index (χ1n) is 7.66. The lowest BCUT2D eigenvalue weighted by Crippen LogP contribution is -2.36. The SMILES string of the molecule is CN=C(NCc1cc(F)ccc1Br)NCc1ccc(OC)cc1OC. The van der Waals surface area contributed by atoms with Crippen molar-refractivity contribution in [3.05, 3.63) is 57.8 Å². The molecule has 0 aliphatic carbocycles. The van der Waals surface area contributed by atoms with Crippen molar-refractivity contribution in [2.45, 2.75) is 13.1 Å². The summed E-state index contributed by atoms with van der Waals surface area (Å²) in [6, 6.07) is 10.2. The fraction of sp³-hybridized carbons (Fsp3) is 0.278. The van der Waals surface area contributed by atoms with E-state index in [0.717, 1.165) is 27.1 Å². The van der Waals surface area contributed by atoms with Gasteiger partial charge in [-0.25, -0.2) is 4.39 Å². The topological polar surface area (TPSA) is 54.9 Å². The Hall–Kier alpha value is -2.28. The van der Waals surface area contributed by atoms with Crippen LogP contribution in [-0.4, -0.2) is 27.2 Å². The Morgan fingerprint density at radius 3 is 2.40 bits per heavy atom. The molecule has 0 heterocycles. The Bertz CT molecular complexity index is 753. The highest BCUT2D eigenvalue weighted by molar-refractivity contribution is 9.10. The molecule has 0 unspecified atom stereocenters. The van der Waals surface area contributed by atoms with E-state index in [1.165, 1.54) is 12.1 Å². The third-order valence-electron chi connectivity index (χ3n) is 3.62. The number of nitrogens with zero attached hydrogens (tertiary/aromatic N) is 1. The summed E-state index contributed by atoms with van der Waals surface area (Å²) in [5.41, 5.74) is 1.78. The quantitative estimate of drug-likeness (QED) is 0.566. The normalized spacial score (nSPS) is 11.2. The number of ether oxygens (including phenoxy) is 2. The third-order valence-corrected chi connectivity index (χ3v) is 4.39. The second kappa shape index (κ2) is 9.27. The van der Waals surface area contributed by atoms with Gasteiger partial charge in [-0.05, 0) is 35.9 Å². The van der Waals surface area contributed by atoms with Gasteiger partial charge in [0.1, 0.15) is 17.3 Å². The lowest BCUT2D eigenvalue weighted by molar-refractivity contribution is 0.390. The van der Waals surface area contributed by atoms with E-state index in [9.17, 15) is 4.39 Å². The number of guanidine groups is 1. The van der Waals surface area contributed by atoms with Crippen LogP contribution in [0.4, 0.5) is 4.39 Å². The summed E-state index contributed by atoms with van der Waals surface area (Å²) < 4.78 is 24.8. The maximum absolute atomic E-state index is 13.3. The fourth-order valence-corrected chi connectivity index (χ4v) is 2.64. The predicted molar refractivity (Wildman–Crippen MR) is 101 cm³/mol. The molecule has 2 aromatic rings. The Morgan fingerprint density at radius 1 is 1.04 bits per heavy atom. The molecule has 0 aliphatic heterocycles. The summed E-state index contributed by atoms with van der Waals surface area (Å²) in [5, 5.41) is 6.37. The van der Waals surface area contributed by atoms with Crippen molar-refractivity contribution in [1.82, 2.24) is 10.6 Å². The second-order valence-corrected chi connectivity index (χ2v) is 6.05. The summed E-state index contributed by atoms with van der Waals surface area (Å²) in [5.74, 6) is 1.80. The third kappa shape index (κ3) is 5.35. The van der Waals surface area contributed by atoms with Gasteiger partial charge < -0.3 is 20.1 Å². The molecule has 0 aliphatic rings. The van der Waals surface area contributed by atoms with E-state index < -0.39 is 0 Å². The number of nitrogens with one attached hydrogen (secondary N) is 2. The van der Waals surface area contributed by atoms with Crippen molar-refractivity contribution < 1.29 is 13.9 Å². The molecular formula is C18H21BrFN3O2. The molecule has 0 atom stereocenters. The maximum Gasteiger partial charge on any atom is 0.191 e. The Kier molecular flexibility index (Phi) is 7.06. The van der Waals surface area contributed by atoms with Crippen LogP contribution >= 0.6 is 15.9 Å². The van der Waals surface area contributed by atoms with Crippen molar-refractivity contribution in [3.8, 4) is 11.5 Å². The number of rotatable bonds is 6. The van der Waals surface area contributed by atoms with Crippen LogP contribution in [0.2, 0.25) is 0 Å². The van der Waals surface area contributed by atoms with Crippen molar-refractivity contribution in [3.63, 3.8) is 0 Å². The molecule has 134 valence electrons. The molecule has 0 aromatic heterocycles.